The SMILES string of the molecule is O=C1CCC(N2Cc3ccc(COC(=O)Nc4ccc(-c5ccccn5)cc4)cc3C2=O)C(=O)N1. The van der Waals surface area contributed by atoms with Gasteiger partial charge in [-0.2, -0.15) is 0 Å². The minimum Gasteiger partial charge on any atom is -0.444 e. The first-order valence-electron chi connectivity index (χ1n) is 11.2. The van der Waals surface area contributed by atoms with E-state index in [4.69, 9.17) is 4.74 Å². The Bertz CT molecular complexity index is 1310. The number of nitrogens with one attached hydrogen (secondary N) is 2. The smallest absolute Gasteiger partial charge is 0.411 e. The summed E-state index contributed by atoms with van der Waals surface area (Å²) in [7, 11) is 0. The number of nitrogens with zero attached hydrogens (tertiary/aromatic N) is 2. The number of carbonyl (C=O) groups is 4. The zero-order valence-corrected chi connectivity index (χ0v) is 18.7. The second-order valence-electron chi connectivity index (χ2n) is 8.38. The number of fused-ring (bicyclic) bond motifs is 1. The molecule has 9 nitrogen and oxygen atoms in total. The lowest BCUT2D eigenvalue weighted by molar-refractivity contribution is -0.136. The molecule has 35 heavy (non-hydrogen) atoms. The maximum atomic E-state index is 12.9. The van der Waals surface area contributed by atoms with Crippen molar-refractivity contribution >= 4 is 29.5 Å². The summed E-state index contributed by atoms with van der Waals surface area (Å²) in [6, 6.07) is 17.5. The predicted molar refractivity (Wildman–Crippen MR) is 126 cm³/mol. The molecule has 2 aromatic carbocycles. The van der Waals surface area contributed by atoms with Crippen LogP contribution in [0.3, 0.4) is 0 Å². The van der Waals surface area contributed by atoms with Gasteiger partial charge in [0.25, 0.3) is 5.91 Å². The standard InChI is InChI=1S/C26H22N4O5/c31-23-11-10-22(24(32)29-23)30-14-18-5-4-16(13-20(18)25(30)33)15-35-26(34)28-19-8-6-17(7-9-19)21-3-1-2-12-27-21/h1-9,12-13,22H,10-11,14-15H2,(H,28,34)(H,29,31,32). The minimum absolute atomic E-state index is 0.0170. The van der Waals surface area contributed by atoms with Gasteiger partial charge in [0.1, 0.15) is 12.6 Å². The van der Waals surface area contributed by atoms with Crippen molar-refractivity contribution in [3.05, 3.63) is 83.6 Å². The molecule has 2 aliphatic rings. The first-order chi connectivity index (χ1) is 17.0. The molecular weight excluding hydrogens is 448 g/mol. The van der Waals surface area contributed by atoms with Crippen molar-refractivity contribution in [2.45, 2.75) is 32.0 Å². The zero-order valence-electron chi connectivity index (χ0n) is 18.7. The summed E-state index contributed by atoms with van der Waals surface area (Å²) in [5, 5.41) is 4.97. The van der Waals surface area contributed by atoms with Gasteiger partial charge in [-0.3, -0.25) is 30.0 Å². The summed E-state index contributed by atoms with van der Waals surface area (Å²) in [6.45, 7) is 0.285. The number of hydrogen-bond acceptors (Lipinski definition) is 6. The molecular formula is C26H22N4O5. The van der Waals surface area contributed by atoms with Crippen LogP contribution in [-0.2, 0) is 27.5 Å². The number of imide groups is 1. The normalized spacial score (nSPS) is 17.1. The quantitative estimate of drug-likeness (QED) is 0.553. The van der Waals surface area contributed by atoms with Crippen molar-refractivity contribution in [1.82, 2.24) is 15.2 Å². The molecule has 4 amide bonds. The highest BCUT2D eigenvalue weighted by Crippen LogP contribution is 2.28. The van der Waals surface area contributed by atoms with Crippen LogP contribution in [-0.4, -0.2) is 39.7 Å². The largest absolute Gasteiger partial charge is 0.444 e. The third-order valence-corrected chi connectivity index (χ3v) is 6.05. The van der Waals surface area contributed by atoms with Crippen LogP contribution < -0.4 is 10.6 Å². The molecule has 2 aliphatic heterocycles. The summed E-state index contributed by atoms with van der Waals surface area (Å²) in [6.07, 6.45) is 1.62. The van der Waals surface area contributed by atoms with E-state index in [1.54, 1.807) is 36.5 Å². The van der Waals surface area contributed by atoms with E-state index < -0.39 is 18.0 Å². The molecule has 1 atom stereocenters. The van der Waals surface area contributed by atoms with Gasteiger partial charge in [-0.1, -0.05) is 30.3 Å². The van der Waals surface area contributed by atoms with Crippen molar-refractivity contribution in [1.29, 1.82) is 0 Å². The highest BCUT2D eigenvalue weighted by molar-refractivity contribution is 6.05. The van der Waals surface area contributed by atoms with E-state index in [1.807, 2.05) is 30.3 Å². The van der Waals surface area contributed by atoms with Gasteiger partial charge in [-0.05, 0) is 47.9 Å². The van der Waals surface area contributed by atoms with Crippen LogP contribution in [0.15, 0.2) is 66.9 Å². The fraction of sp³-hybridized carbons (Fsp3) is 0.192. The Morgan fingerprint density at radius 2 is 1.91 bits per heavy atom. The number of ether oxygens (including phenoxy) is 1. The molecule has 1 saturated heterocycles. The van der Waals surface area contributed by atoms with Gasteiger partial charge < -0.3 is 9.64 Å². The molecule has 1 aromatic heterocycles. The van der Waals surface area contributed by atoms with Crippen LogP contribution in [0.5, 0.6) is 0 Å². The fourth-order valence-corrected chi connectivity index (χ4v) is 4.25. The van der Waals surface area contributed by atoms with Crippen molar-refractivity contribution < 1.29 is 23.9 Å². The molecule has 1 fully saturated rings. The maximum Gasteiger partial charge on any atom is 0.411 e. The van der Waals surface area contributed by atoms with Crippen LogP contribution in [0, 0.1) is 0 Å². The van der Waals surface area contributed by atoms with Gasteiger partial charge in [0, 0.05) is 36.0 Å². The predicted octanol–water partition coefficient (Wildman–Crippen LogP) is 3.26. The number of anilines is 1. The van der Waals surface area contributed by atoms with Crippen LogP contribution in [0.25, 0.3) is 11.3 Å². The van der Waals surface area contributed by atoms with Crippen molar-refractivity contribution in [2.75, 3.05) is 5.32 Å². The lowest BCUT2D eigenvalue weighted by Crippen LogP contribution is -2.52. The highest BCUT2D eigenvalue weighted by Gasteiger charge is 2.39. The number of amides is 4. The second-order valence-corrected chi connectivity index (χ2v) is 8.38. The first kappa shape index (κ1) is 22.3. The Balaban J connectivity index is 1.18. The minimum atomic E-state index is -0.665. The van der Waals surface area contributed by atoms with Gasteiger partial charge in [-0.25, -0.2) is 4.79 Å². The third-order valence-electron chi connectivity index (χ3n) is 6.05. The van der Waals surface area contributed by atoms with Gasteiger partial charge in [0.05, 0.1) is 5.69 Å². The Hall–Kier alpha value is -4.53. The second kappa shape index (κ2) is 9.38. The number of aromatic nitrogens is 1. The van der Waals surface area contributed by atoms with E-state index in [0.717, 1.165) is 16.8 Å². The van der Waals surface area contributed by atoms with E-state index in [-0.39, 0.29) is 24.8 Å². The lowest BCUT2D eigenvalue weighted by Gasteiger charge is -2.29. The summed E-state index contributed by atoms with van der Waals surface area (Å²) >= 11 is 0. The summed E-state index contributed by atoms with van der Waals surface area (Å²) in [4.78, 5) is 54.6. The molecule has 9 heteroatoms. The Morgan fingerprint density at radius 3 is 2.66 bits per heavy atom. The number of pyridine rings is 1. The molecule has 5 rings (SSSR count). The molecule has 0 spiro atoms. The number of piperidine rings is 1. The number of rotatable bonds is 5. The monoisotopic (exact) mass is 470 g/mol. The molecule has 3 aromatic rings. The van der Waals surface area contributed by atoms with Gasteiger partial charge in [-0.15, -0.1) is 0 Å². The number of hydrogen-bond donors (Lipinski definition) is 2. The van der Waals surface area contributed by atoms with Gasteiger partial charge >= 0.3 is 6.09 Å². The maximum absolute atomic E-state index is 12.9. The van der Waals surface area contributed by atoms with E-state index in [0.29, 0.717) is 29.8 Å². The van der Waals surface area contributed by atoms with Crippen LogP contribution in [0.1, 0.15) is 34.3 Å². The molecule has 0 saturated carbocycles. The van der Waals surface area contributed by atoms with E-state index in [2.05, 4.69) is 15.6 Å². The van der Waals surface area contributed by atoms with Crippen molar-refractivity contribution in [3.63, 3.8) is 0 Å². The third kappa shape index (κ3) is 4.74. The average Bonchev–Trinajstić information content (AvgIpc) is 3.19. The molecule has 0 aliphatic carbocycles. The zero-order chi connectivity index (χ0) is 24.4. The number of benzene rings is 2. The van der Waals surface area contributed by atoms with E-state index >= 15 is 0 Å². The Morgan fingerprint density at radius 1 is 1.09 bits per heavy atom. The molecule has 0 radical (unpaired) electrons. The van der Waals surface area contributed by atoms with Crippen LogP contribution >= 0.6 is 0 Å². The van der Waals surface area contributed by atoms with Crippen molar-refractivity contribution in [3.8, 4) is 11.3 Å². The molecule has 0 bridgehead atoms. The van der Waals surface area contributed by atoms with Crippen LogP contribution in [0.2, 0.25) is 0 Å². The van der Waals surface area contributed by atoms with Crippen molar-refractivity contribution in [2.24, 2.45) is 0 Å². The van der Waals surface area contributed by atoms with Crippen LogP contribution in [0.4, 0.5) is 10.5 Å². The summed E-state index contributed by atoms with van der Waals surface area (Å²) < 4.78 is 5.33. The van der Waals surface area contributed by atoms with Gasteiger partial charge in [0.2, 0.25) is 11.8 Å². The highest BCUT2D eigenvalue weighted by atomic mass is 16.5. The van der Waals surface area contributed by atoms with Gasteiger partial charge in [0.15, 0.2) is 0 Å². The number of carbonyl (C=O) groups excluding carboxylic acids is 4. The Labute approximate surface area is 201 Å². The van der Waals surface area contributed by atoms with E-state index in [1.165, 1.54) is 4.90 Å². The van der Waals surface area contributed by atoms with E-state index in [9.17, 15) is 19.2 Å². The molecule has 176 valence electrons. The summed E-state index contributed by atoms with van der Waals surface area (Å²) in [5.74, 6) is -1.04. The fourth-order valence-electron chi connectivity index (χ4n) is 4.25. The lowest BCUT2D eigenvalue weighted by atomic mass is 10.0. The molecule has 2 N–H and O–H groups in total. The molecule has 1 unspecified atom stereocenters. The summed E-state index contributed by atoms with van der Waals surface area (Å²) in [5.41, 5.74) is 4.27. The first-order valence-corrected chi connectivity index (χ1v) is 11.2. The average molecular weight is 470 g/mol. The topological polar surface area (TPSA) is 118 Å². The molecule has 3 heterocycles. The Kier molecular flexibility index (Phi) is 5.97.